The molecule has 1 atom stereocenters. The number of aromatic carboxylic acids is 1. The SMILES string of the molecule is Cn1ccnc1C1CCCN(C(=O)c2nc[nH]c2C(=O)O)C1. The van der Waals surface area contributed by atoms with Crippen LogP contribution in [0.4, 0.5) is 0 Å². The van der Waals surface area contributed by atoms with Crippen LogP contribution in [-0.2, 0) is 7.05 Å². The number of nitrogens with one attached hydrogen (secondary N) is 1. The highest BCUT2D eigenvalue weighted by Gasteiger charge is 2.30. The molecule has 0 aromatic carbocycles. The van der Waals surface area contributed by atoms with E-state index in [4.69, 9.17) is 5.11 Å². The summed E-state index contributed by atoms with van der Waals surface area (Å²) in [6, 6.07) is 0. The predicted molar refractivity (Wildman–Crippen MR) is 76.6 cm³/mol. The van der Waals surface area contributed by atoms with Crippen LogP contribution in [-0.4, -0.2) is 54.5 Å². The number of aryl methyl sites for hydroxylation is 1. The van der Waals surface area contributed by atoms with Crippen LogP contribution in [0.15, 0.2) is 18.7 Å². The van der Waals surface area contributed by atoms with Crippen LogP contribution in [0.3, 0.4) is 0 Å². The number of aromatic nitrogens is 4. The predicted octanol–water partition coefficient (Wildman–Crippen LogP) is 0.861. The summed E-state index contributed by atoms with van der Waals surface area (Å²) < 4.78 is 1.95. The van der Waals surface area contributed by atoms with E-state index in [0.717, 1.165) is 18.7 Å². The Bertz CT molecular complexity index is 705. The van der Waals surface area contributed by atoms with Crippen molar-refractivity contribution in [2.45, 2.75) is 18.8 Å². The minimum atomic E-state index is -1.18. The van der Waals surface area contributed by atoms with Crippen LogP contribution in [0, 0.1) is 0 Å². The van der Waals surface area contributed by atoms with Crippen LogP contribution in [0.5, 0.6) is 0 Å². The monoisotopic (exact) mass is 303 g/mol. The highest BCUT2D eigenvalue weighted by molar-refractivity contribution is 6.02. The zero-order valence-electron chi connectivity index (χ0n) is 12.2. The van der Waals surface area contributed by atoms with Gasteiger partial charge in [-0.05, 0) is 12.8 Å². The fraction of sp³-hybridized carbons (Fsp3) is 0.429. The van der Waals surface area contributed by atoms with Gasteiger partial charge in [0.1, 0.15) is 5.82 Å². The van der Waals surface area contributed by atoms with E-state index >= 15 is 0 Å². The first kappa shape index (κ1) is 14.3. The molecule has 1 saturated heterocycles. The van der Waals surface area contributed by atoms with Gasteiger partial charge in [-0.25, -0.2) is 14.8 Å². The van der Waals surface area contributed by atoms with Crippen molar-refractivity contribution in [2.75, 3.05) is 13.1 Å². The maximum Gasteiger partial charge on any atom is 0.354 e. The molecule has 2 N–H and O–H groups in total. The molecule has 3 heterocycles. The Morgan fingerprint density at radius 1 is 1.41 bits per heavy atom. The molecular formula is C14H17N5O3. The molecule has 0 bridgehead atoms. The van der Waals surface area contributed by atoms with Gasteiger partial charge in [-0.15, -0.1) is 0 Å². The Balaban J connectivity index is 1.80. The third-order valence-corrected chi connectivity index (χ3v) is 3.99. The molecule has 1 unspecified atom stereocenters. The third kappa shape index (κ3) is 2.47. The molecule has 22 heavy (non-hydrogen) atoms. The van der Waals surface area contributed by atoms with Crippen molar-refractivity contribution in [3.05, 3.63) is 35.9 Å². The second kappa shape index (κ2) is 5.63. The third-order valence-electron chi connectivity index (χ3n) is 3.99. The molecule has 3 rings (SSSR count). The highest BCUT2D eigenvalue weighted by atomic mass is 16.4. The van der Waals surface area contributed by atoms with Gasteiger partial charge in [-0.1, -0.05) is 0 Å². The molecule has 116 valence electrons. The normalized spacial score (nSPS) is 18.4. The molecule has 8 heteroatoms. The van der Waals surface area contributed by atoms with Crippen LogP contribution >= 0.6 is 0 Å². The molecule has 1 aliphatic heterocycles. The summed E-state index contributed by atoms with van der Waals surface area (Å²) in [4.78, 5) is 36.0. The van der Waals surface area contributed by atoms with Gasteiger partial charge in [0.25, 0.3) is 5.91 Å². The smallest absolute Gasteiger partial charge is 0.354 e. The average Bonchev–Trinajstić information content (AvgIpc) is 3.15. The molecule has 2 aromatic rings. The minimum Gasteiger partial charge on any atom is -0.477 e. The number of H-pyrrole nitrogens is 1. The van der Waals surface area contributed by atoms with Gasteiger partial charge in [0.05, 0.1) is 6.33 Å². The number of hydrogen-bond donors (Lipinski definition) is 2. The van der Waals surface area contributed by atoms with Gasteiger partial charge in [-0.2, -0.15) is 0 Å². The van der Waals surface area contributed by atoms with Gasteiger partial charge in [-0.3, -0.25) is 4.79 Å². The Labute approximate surface area is 126 Å². The standard InChI is InChI=1S/C14H17N5O3/c1-18-6-4-15-12(18)9-3-2-5-19(7-9)13(20)10-11(14(21)22)17-8-16-10/h4,6,8-9H,2-3,5,7H2,1H3,(H,16,17)(H,21,22). The number of carbonyl (C=O) groups is 2. The van der Waals surface area contributed by atoms with Crippen molar-refractivity contribution < 1.29 is 14.7 Å². The molecule has 0 radical (unpaired) electrons. The number of carboxylic acid groups (broad SMARTS) is 1. The summed E-state index contributed by atoms with van der Waals surface area (Å²) in [6.07, 6.45) is 6.67. The first-order valence-electron chi connectivity index (χ1n) is 7.11. The molecule has 0 spiro atoms. The number of hydrogen-bond acceptors (Lipinski definition) is 4. The lowest BCUT2D eigenvalue weighted by atomic mass is 9.97. The topological polar surface area (TPSA) is 104 Å². The minimum absolute atomic E-state index is 0.0343. The molecule has 0 saturated carbocycles. The van der Waals surface area contributed by atoms with E-state index in [-0.39, 0.29) is 23.2 Å². The summed E-state index contributed by atoms with van der Waals surface area (Å²) in [5.74, 6) is -0.432. The summed E-state index contributed by atoms with van der Waals surface area (Å²) in [5, 5.41) is 9.09. The summed E-state index contributed by atoms with van der Waals surface area (Å²) >= 11 is 0. The van der Waals surface area contributed by atoms with Crippen LogP contribution < -0.4 is 0 Å². The highest BCUT2D eigenvalue weighted by Crippen LogP contribution is 2.26. The molecular weight excluding hydrogens is 286 g/mol. The number of imidazole rings is 2. The van der Waals surface area contributed by atoms with E-state index in [9.17, 15) is 9.59 Å². The number of nitrogens with zero attached hydrogens (tertiary/aromatic N) is 4. The number of amides is 1. The van der Waals surface area contributed by atoms with Crippen LogP contribution in [0.1, 0.15) is 45.6 Å². The van der Waals surface area contributed by atoms with E-state index in [1.807, 2.05) is 17.8 Å². The van der Waals surface area contributed by atoms with Crippen molar-refractivity contribution in [1.29, 1.82) is 0 Å². The largest absolute Gasteiger partial charge is 0.477 e. The summed E-state index contributed by atoms with van der Waals surface area (Å²) in [5.41, 5.74) is -0.197. The van der Waals surface area contributed by atoms with Gasteiger partial charge in [0.2, 0.25) is 0 Å². The molecule has 1 aliphatic rings. The van der Waals surface area contributed by atoms with Crippen molar-refractivity contribution in [3.63, 3.8) is 0 Å². The van der Waals surface area contributed by atoms with Gasteiger partial charge in [0, 0.05) is 38.4 Å². The number of carboxylic acids is 1. The molecule has 1 fully saturated rings. The second-order valence-electron chi connectivity index (χ2n) is 5.42. The second-order valence-corrected chi connectivity index (χ2v) is 5.42. The Kier molecular flexibility index (Phi) is 3.66. The fourth-order valence-electron chi connectivity index (χ4n) is 2.91. The first-order valence-corrected chi connectivity index (χ1v) is 7.11. The quantitative estimate of drug-likeness (QED) is 0.875. The lowest BCUT2D eigenvalue weighted by molar-refractivity contribution is 0.0651. The number of rotatable bonds is 3. The van der Waals surface area contributed by atoms with Gasteiger partial charge < -0.3 is 19.6 Å². The fourth-order valence-corrected chi connectivity index (χ4v) is 2.91. The van der Waals surface area contributed by atoms with Crippen molar-refractivity contribution in [3.8, 4) is 0 Å². The van der Waals surface area contributed by atoms with E-state index < -0.39 is 5.97 Å². The van der Waals surface area contributed by atoms with E-state index in [0.29, 0.717) is 13.1 Å². The zero-order valence-corrected chi connectivity index (χ0v) is 12.2. The number of piperidine rings is 1. The van der Waals surface area contributed by atoms with Crippen LogP contribution in [0.2, 0.25) is 0 Å². The molecule has 2 aromatic heterocycles. The lowest BCUT2D eigenvalue weighted by Crippen LogP contribution is -2.40. The van der Waals surface area contributed by atoms with Gasteiger partial charge in [0.15, 0.2) is 11.4 Å². The molecule has 0 aliphatic carbocycles. The maximum absolute atomic E-state index is 12.5. The number of carbonyl (C=O) groups excluding carboxylic acids is 1. The van der Waals surface area contributed by atoms with Crippen molar-refractivity contribution in [2.24, 2.45) is 7.05 Å². The molecule has 8 nitrogen and oxygen atoms in total. The van der Waals surface area contributed by atoms with E-state index in [2.05, 4.69) is 15.0 Å². The first-order chi connectivity index (χ1) is 10.6. The average molecular weight is 303 g/mol. The summed E-state index contributed by atoms with van der Waals surface area (Å²) in [7, 11) is 1.93. The maximum atomic E-state index is 12.5. The Morgan fingerprint density at radius 3 is 2.91 bits per heavy atom. The van der Waals surface area contributed by atoms with Crippen molar-refractivity contribution in [1.82, 2.24) is 24.4 Å². The van der Waals surface area contributed by atoms with E-state index in [1.165, 1.54) is 6.33 Å². The summed E-state index contributed by atoms with van der Waals surface area (Å²) in [6.45, 7) is 1.13. The zero-order chi connectivity index (χ0) is 15.7. The van der Waals surface area contributed by atoms with Gasteiger partial charge >= 0.3 is 5.97 Å². The Morgan fingerprint density at radius 2 is 2.23 bits per heavy atom. The number of likely N-dealkylation sites (tertiary alicyclic amines) is 1. The number of aromatic amines is 1. The Hall–Kier alpha value is -2.64. The van der Waals surface area contributed by atoms with Crippen LogP contribution in [0.25, 0.3) is 0 Å². The van der Waals surface area contributed by atoms with Crippen molar-refractivity contribution >= 4 is 11.9 Å². The molecule has 1 amide bonds. The van der Waals surface area contributed by atoms with E-state index in [1.54, 1.807) is 11.1 Å². The lowest BCUT2D eigenvalue weighted by Gasteiger charge is -2.32.